The molecule has 2 aromatic heterocycles. The molecule has 0 fully saturated rings. The summed E-state index contributed by atoms with van der Waals surface area (Å²) in [7, 11) is 0. The highest BCUT2D eigenvalue weighted by molar-refractivity contribution is 7.71. The Labute approximate surface area is 150 Å². The minimum absolute atomic E-state index is 0.0952. The van der Waals surface area contributed by atoms with Crippen molar-refractivity contribution < 1.29 is 14.8 Å². The monoisotopic (exact) mass is 372 g/mol. The lowest BCUT2D eigenvalue weighted by Crippen LogP contribution is -2.18. The van der Waals surface area contributed by atoms with Gasteiger partial charge in [0.15, 0.2) is 4.77 Å². The number of carboxylic acid groups (broad SMARTS) is 1. The molecule has 0 aliphatic carbocycles. The van der Waals surface area contributed by atoms with Gasteiger partial charge in [-0.05, 0) is 25.2 Å². The number of aromatic carboxylic acids is 1. The van der Waals surface area contributed by atoms with Gasteiger partial charge in [-0.1, -0.05) is 12.1 Å². The summed E-state index contributed by atoms with van der Waals surface area (Å²) in [4.78, 5) is 41.2. The number of nitro groups is 1. The predicted octanol–water partition coefficient (Wildman–Crippen LogP) is 2.75. The van der Waals surface area contributed by atoms with Gasteiger partial charge in [-0.15, -0.1) is 0 Å². The summed E-state index contributed by atoms with van der Waals surface area (Å²) in [5.41, 5.74) is -0.388. The molecule has 0 unspecified atom stereocenters. The van der Waals surface area contributed by atoms with Crippen molar-refractivity contribution in [1.29, 1.82) is 0 Å². The lowest BCUT2D eigenvalue weighted by Gasteiger charge is -2.11. The Bertz CT molecular complexity index is 1180. The molecule has 0 spiro atoms. The second-order valence-corrected chi connectivity index (χ2v) is 5.76. The molecule has 0 radical (unpaired) electrons. The van der Waals surface area contributed by atoms with E-state index < -0.39 is 16.5 Å². The number of non-ortho nitro benzene ring substituents is 1. The quantitative estimate of drug-likeness (QED) is 0.409. The average molecular weight is 372 g/mol. The minimum Gasteiger partial charge on any atom is -0.478 e. The van der Waals surface area contributed by atoms with Crippen molar-refractivity contribution in [2.24, 2.45) is 0 Å². The van der Waals surface area contributed by atoms with Gasteiger partial charge in [0.2, 0.25) is 0 Å². The molecule has 9 nitrogen and oxygen atoms in total. The largest absolute Gasteiger partial charge is 0.478 e. The van der Waals surface area contributed by atoms with Crippen LogP contribution in [0.4, 0.5) is 5.69 Å². The maximum absolute atomic E-state index is 12.3. The van der Waals surface area contributed by atoms with E-state index in [4.69, 9.17) is 12.2 Å². The Hall–Kier alpha value is -3.40. The molecule has 0 saturated carbocycles. The molecule has 2 heterocycles. The number of H-pyrrole nitrogens is 1. The van der Waals surface area contributed by atoms with Crippen molar-refractivity contribution in [2.75, 3.05) is 0 Å². The molecule has 3 aromatic rings. The van der Waals surface area contributed by atoms with Crippen LogP contribution in [0.5, 0.6) is 0 Å². The molecule has 0 bridgehead atoms. The predicted molar refractivity (Wildman–Crippen MR) is 95.9 cm³/mol. The number of nitrogens with zero attached hydrogens (tertiary/aromatic N) is 3. The lowest BCUT2D eigenvalue weighted by molar-refractivity contribution is -0.384. The zero-order chi connectivity index (χ0) is 19.0. The van der Waals surface area contributed by atoms with E-state index in [1.807, 2.05) is 0 Å². The van der Waals surface area contributed by atoms with Gasteiger partial charge in [0.25, 0.3) is 11.2 Å². The molecule has 10 heteroatoms. The van der Waals surface area contributed by atoms with E-state index in [1.54, 1.807) is 13.0 Å². The third-order valence-electron chi connectivity index (χ3n) is 3.85. The number of fused-ring (bicyclic) bond motifs is 1. The van der Waals surface area contributed by atoms with E-state index in [-0.39, 0.29) is 32.7 Å². The summed E-state index contributed by atoms with van der Waals surface area (Å²) in [5, 5.41) is 20.4. The number of nitrogens with one attached hydrogen (secondary N) is 1. The number of aromatic amines is 1. The number of rotatable bonds is 4. The fourth-order valence-electron chi connectivity index (χ4n) is 2.66. The molecule has 0 amide bonds. The van der Waals surface area contributed by atoms with Gasteiger partial charge in [0, 0.05) is 24.2 Å². The van der Waals surface area contributed by atoms with Crippen LogP contribution in [0, 0.1) is 14.9 Å². The van der Waals surface area contributed by atoms with E-state index in [9.17, 15) is 24.8 Å². The zero-order valence-electron chi connectivity index (χ0n) is 13.4. The first kappa shape index (κ1) is 17.4. The van der Waals surface area contributed by atoms with E-state index in [2.05, 4.69) is 9.97 Å². The Kier molecular flexibility index (Phi) is 4.34. The van der Waals surface area contributed by atoms with Gasteiger partial charge >= 0.3 is 5.97 Å². The Balaban J connectivity index is 2.44. The first-order valence-electron chi connectivity index (χ1n) is 7.49. The van der Waals surface area contributed by atoms with Crippen LogP contribution in [0.3, 0.4) is 0 Å². The van der Waals surface area contributed by atoms with Gasteiger partial charge in [-0.3, -0.25) is 19.9 Å². The number of aromatic nitrogens is 3. The Morgan fingerprint density at radius 1 is 1.42 bits per heavy atom. The molecule has 0 aliphatic rings. The number of hydrogen-bond donors (Lipinski definition) is 2. The topological polar surface area (TPSA) is 131 Å². The molecule has 2 N–H and O–H groups in total. The van der Waals surface area contributed by atoms with E-state index in [1.165, 1.54) is 28.8 Å². The fraction of sp³-hybridized carbons (Fsp3) is 0.125. The van der Waals surface area contributed by atoms with Crippen molar-refractivity contribution >= 4 is 34.9 Å². The van der Waals surface area contributed by atoms with E-state index in [0.717, 1.165) is 0 Å². The van der Waals surface area contributed by atoms with E-state index in [0.29, 0.717) is 12.1 Å². The van der Waals surface area contributed by atoms with Crippen LogP contribution < -0.4 is 5.56 Å². The number of pyridine rings is 1. The lowest BCUT2D eigenvalue weighted by atomic mass is 10.1. The van der Waals surface area contributed by atoms with Crippen molar-refractivity contribution in [3.63, 3.8) is 0 Å². The van der Waals surface area contributed by atoms with Crippen molar-refractivity contribution in [1.82, 2.24) is 14.5 Å². The molecular formula is C16H12N4O5S. The molecular weight excluding hydrogens is 360 g/mol. The van der Waals surface area contributed by atoms with Gasteiger partial charge < -0.3 is 9.67 Å². The van der Waals surface area contributed by atoms with Crippen molar-refractivity contribution in [2.45, 2.75) is 13.5 Å². The molecule has 0 saturated heterocycles. The zero-order valence-corrected chi connectivity index (χ0v) is 14.2. The van der Waals surface area contributed by atoms with E-state index >= 15 is 0 Å². The van der Waals surface area contributed by atoms with Gasteiger partial charge in [0.05, 0.1) is 21.6 Å². The third kappa shape index (κ3) is 2.86. The maximum atomic E-state index is 12.3. The SMILES string of the molecule is CCn1c(=S)[nH]c(=O)c2c(C(=O)O)cc(-c3cccc([N+](=O)[O-])c3)nc21. The number of carboxylic acids is 1. The number of benzene rings is 1. The van der Waals surface area contributed by atoms with Gasteiger partial charge in [-0.25, -0.2) is 9.78 Å². The van der Waals surface area contributed by atoms with Crippen LogP contribution in [0.2, 0.25) is 0 Å². The van der Waals surface area contributed by atoms with Crippen molar-refractivity contribution in [3.8, 4) is 11.3 Å². The Morgan fingerprint density at radius 2 is 2.15 bits per heavy atom. The maximum Gasteiger partial charge on any atom is 0.336 e. The smallest absolute Gasteiger partial charge is 0.336 e. The first-order chi connectivity index (χ1) is 12.3. The first-order valence-corrected chi connectivity index (χ1v) is 7.90. The standard InChI is InChI=1S/C16H12N4O5S/c1-2-19-13-12(14(21)18-16(19)26)10(15(22)23)7-11(17-13)8-4-3-5-9(6-8)20(24)25/h3-7H,2H2,1H3,(H,22,23)(H,18,21,26). The van der Waals surface area contributed by atoms with Crippen LogP contribution in [-0.2, 0) is 6.54 Å². The second-order valence-electron chi connectivity index (χ2n) is 5.37. The highest BCUT2D eigenvalue weighted by Crippen LogP contribution is 2.26. The van der Waals surface area contributed by atoms with Crippen molar-refractivity contribution in [3.05, 3.63) is 61.1 Å². The summed E-state index contributed by atoms with van der Waals surface area (Å²) in [6.07, 6.45) is 0. The third-order valence-corrected chi connectivity index (χ3v) is 4.17. The number of hydrogen-bond acceptors (Lipinski definition) is 6. The summed E-state index contributed by atoms with van der Waals surface area (Å²) in [5.74, 6) is -1.31. The average Bonchev–Trinajstić information content (AvgIpc) is 2.61. The molecule has 0 atom stereocenters. The minimum atomic E-state index is -1.31. The summed E-state index contributed by atoms with van der Waals surface area (Å²) >= 11 is 5.12. The second kappa shape index (κ2) is 6.48. The van der Waals surface area contributed by atoms with Gasteiger partial charge in [-0.2, -0.15) is 0 Å². The molecule has 26 heavy (non-hydrogen) atoms. The molecule has 1 aromatic carbocycles. The number of aryl methyl sites for hydroxylation is 1. The van der Waals surface area contributed by atoms with Crippen LogP contribution in [0.25, 0.3) is 22.3 Å². The number of nitro benzene ring substituents is 1. The fourth-order valence-corrected chi connectivity index (χ4v) is 2.97. The highest BCUT2D eigenvalue weighted by Gasteiger charge is 2.19. The van der Waals surface area contributed by atoms with Crippen LogP contribution >= 0.6 is 12.2 Å². The van der Waals surface area contributed by atoms with Crippen LogP contribution in [0.1, 0.15) is 17.3 Å². The molecule has 0 aliphatic heterocycles. The molecule has 132 valence electrons. The summed E-state index contributed by atoms with van der Waals surface area (Å²) in [6, 6.07) is 6.88. The summed E-state index contributed by atoms with van der Waals surface area (Å²) in [6.45, 7) is 2.13. The number of carbonyl (C=O) groups is 1. The van der Waals surface area contributed by atoms with Crippen LogP contribution in [0.15, 0.2) is 35.1 Å². The van der Waals surface area contributed by atoms with Crippen LogP contribution in [-0.4, -0.2) is 30.5 Å². The normalized spacial score (nSPS) is 10.8. The molecule has 3 rings (SSSR count). The Morgan fingerprint density at radius 3 is 2.77 bits per heavy atom. The summed E-state index contributed by atoms with van der Waals surface area (Å²) < 4.78 is 1.62. The highest BCUT2D eigenvalue weighted by atomic mass is 32.1. The van der Waals surface area contributed by atoms with Gasteiger partial charge in [0.1, 0.15) is 5.65 Å².